The first kappa shape index (κ1) is 28.2. The second kappa shape index (κ2) is 12.9. The third-order valence-corrected chi connectivity index (χ3v) is 7.27. The van der Waals surface area contributed by atoms with Crippen molar-refractivity contribution in [3.05, 3.63) is 106 Å². The summed E-state index contributed by atoms with van der Waals surface area (Å²) in [5.41, 5.74) is 5.81. The van der Waals surface area contributed by atoms with Crippen molar-refractivity contribution in [3.8, 4) is 0 Å². The molecule has 39 heavy (non-hydrogen) atoms. The molecule has 202 valence electrons. The molecule has 3 aromatic carbocycles. The number of nitrogens with one attached hydrogen (secondary N) is 1. The molecule has 1 amide bonds. The van der Waals surface area contributed by atoms with Crippen LogP contribution in [0.1, 0.15) is 83.5 Å². The molecule has 6 nitrogen and oxygen atoms in total. The number of carbonyl (C=O) groups excluding carboxylic acids is 1. The Labute approximate surface area is 234 Å². The van der Waals surface area contributed by atoms with Crippen molar-refractivity contribution in [2.24, 2.45) is 0 Å². The zero-order valence-corrected chi connectivity index (χ0v) is 23.3. The normalized spacial score (nSPS) is 12.7. The number of fused-ring (bicyclic) bond motifs is 1. The number of nitrogens with zero attached hydrogens (tertiary/aromatic N) is 2. The largest absolute Gasteiger partial charge is 0.481 e. The van der Waals surface area contributed by atoms with Gasteiger partial charge in [0.1, 0.15) is 5.82 Å². The van der Waals surface area contributed by atoms with Gasteiger partial charge in [-0.1, -0.05) is 67.8 Å². The summed E-state index contributed by atoms with van der Waals surface area (Å²) in [5.74, 6) is -0.510. The lowest BCUT2D eigenvalue weighted by atomic mass is 9.78. The van der Waals surface area contributed by atoms with E-state index in [9.17, 15) is 9.59 Å². The third kappa shape index (κ3) is 6.82. The lowest BCUT2D eigenvalue weighted by Gasteiger charge is -2.28. The van der Waals surface area contributed by atoms with Gasteiger partial charge < -0.3 is 10.4 Å². The molecule has 1 heterocycles. The number of rotatable bonds is 11. The number of carboxylic acids is 1. The molecule has 1 aromatic heterocycles. The van der Waals surface area contributed by atoms with Gasteiger partial charge in [0.15, 0.2) is 0 Å². The van der Waals surface area contributed by atoms with Gasteiger partial charge in [0, 0.05) is 22.5 Å². The monoisotopic (exact) mass is 543 g/mol. The molecule has 0 aliphatic heterocycles. The first-order chi connectivity index (χ1) is 18.8. The predicted molar refractivity (Wildman–Crippen MR) is 156 cm³/mol. The van der Waals surface area contributed by atoms with Gasteiger partial charge in [-0.15, -0.1) is 0 Å². The van der Waals surface area contributed by atoms with Crippen LogP contribution in [-0.2, 0) is 11.2 Å². The topological polar surface area (TPSA) is 92.2 Å². The maximum Gasteiger partial charge on any atom is 0.305 e. The van der Waals surface area contributed by atoms with E-state index in [-0.39, 0.29) is 30.7 Å². The van der Waals surface area contributed by atoms with Crippen molar-refractivity contribution >= 4 is 34.4 Å². The Morgan fingerprint density at radius 1 is 0.949 bits per heavy atom. The fraction of sp³-hybridized carbons (Fsp3) is 0.312. The smallest absolute Gasteiger partial charge is 0.305 e. The maximum absolute atomic E-state index is 12.5. The van der Waals surface area contributed by atoms with Gasteiger partial charge in [-0.25, -0.2) is 9.97 Å². The van der Waals surface area contributed by atoms with Gasteiger partial charge in [0.2, 0.25) is 0 Å². The number of aromatic nitrogens is 2. The van der Waals surface area contributed by atoms with Gasteiger partial charge in [-0.2, -0.15) is 0 Å². The summed E-state index contributed by atoms with van der Waals surface area (Å²) in [4.78, 5) is 33.5. The third-order valence-electron chi connectivity index (χ3n) is 7.02. The summed E-state index contributed by atoms with van der Waals surface area (Å²) < 4.78 is 0. The van der Waals surface area contributed by atoms with Crippen LogP contribution in [0.4, 0.5) is 0 Å². The molecular weight excluding hydrogens is 510 g/mol. The molecular formula is C32H34ClN3O3. The molecule has 4 rings (SSSR count). The Morgan fingerprint density at radius 3 is 2.28 bits per heavy atom. The summed E-state index contributed by atoms with van der Waals surface area (Å²) in [6.07, 6.45) is 2.54. The number of carbonyl (C=O) groups is 2. The standard InChI is InChI=1S/C32H34ClN3O3/c1-4-6-25(21-8-10-23(11-9-21)32(39)34-18-17-29(37)38)30(22-12-14-24(33)15-13-22)31-35-27(5-2)26-19-20(3)7-16-28(26)36-31/h7-16,19,25,30H,4-6,17-18H2,1-3H3,(H,34,39)(H,37,38). The number of carboxylic acid groups (broad SMARTS) is 1. The summed E-state index contributed by atoms with van der Waals surface area (Å²) in [7, 11) is 0. The second-order valence-corrected chi connectivity index (χ2v) is 10.3. The summed E-state index contributed by atoms with van der Waals surface area (Å²) in [5, 5.41) is 13.3. The van der Waals surface area contributed by atoms with Gasteiger partial charge in [-0.3, -0.25) is 9.59 Å². The van der Waals surface area contributed by atoms with Gasteiger partial charge in [-0.05, 0) is 73.2 Å². The van der Waals surface area contributed by atoms with Crippen LogP contribution in [0.15, 0.2) is 66.7 Å². The van der Waals surface area contributed by atoms with E-state index in [0.717, 1.165) is 52.8 Å². The molecule has 0 spiro atoms. The molecule has 0 aliphatic carbocycles. The Balaban J connectivity index is 1.77. The first-order valence-electron chi connectivity index (χ1n) is 13.4. The van der Waals surface area contributed by atoms with E-state index in [1.54, 1.807) is 12.1 Å². The van der Waals surface area contributed by atoms with E-state index < -0.39 is 5.97 Å². The highest BCUT2D eigenvalue weighted by Crippen LogP contribution is 2.41. The molecule has 0 saturated heterocycles. The van der Waals surface area contributed by atoms with Crippen LogP contribution in [-0.4, -0.2) is 33.5 Å². The van der Waals surface area contributed by atoms with E-state index in [0.29, 0.717) is 10.6 Å². The number of halogens is 1. The molecule has 2 unspecified atom stereocenters. The van der Waals surface area contributed by atoms with E-state index in [1.165, 1.54) is 5.56 Å². The second-order valence-electron chi connectivity index (χ2n) is 9.85. The van der Waals surface area contributed by atoms with Crippen LogP contribution in [0.5, 0.6) is 0 Å². The Bertz CT molecular complexity index is 1450. The summed E-state index contributed by atoms with van der Waals surface area (Å²) in [6, 6.07) is 21.8. The van der Waals surface area contributed by atoms with E-state index >= 15 is 0 Å². The number of hydrogen-bond acceptors (Lipinski definition) is 4. The van der Waals surface area contributed by atoms with E-state index in [1.807, 2.05) is 36.4 Å². The number of hydrogen-bond donors (Lipinski definition) is 2. The molecule has 0 bridgehead atoms. The molecule has 0 aliphatic rings. The highest BCUT2D eigenvalue weighted by Gasteiger charge is 2.29. The lowest BCUT2D eigenvalue weighted by molar-refractivity contribution is -0.136. The molecule has 0 fully saturated rings. The average Bonchev–Trinajstić information content (AvgIpc) is 2.93. The SMILES string of the molecule is CCCC(c1ccc(C(=O)NCCC(=O)O)cc1)C(c1ccc(Cl)cc1)c1nc(CC)c2cc(C)ccc2n1. The Morgan fingerprint density at radius 2 is 1.64 bits per heavy atom. The minimum atomic E-state index is -0.946. The number of aryl methyl sites for hydroxylation is 2. The van der Waals surface area contributed by atoms with Crippen molar-refractivity contribution < 1.29 is 14.7 Å². The fourth-order valence-corrected chi connectivity index (χ4v) is 5.19. The van der Waals surface area contributed by atoms with Crippen molar-refractivity contribution in [1.29, 1.82) is 0 Å². The minimum absolute atomic E-state index is 0.0629. The predicted octanol–water partition coefficient (Wildman–Crippen LogP) is 7.07. The minimum Gasteiger partial charge on any atom is -0.481 e. The molecule has 0 saturated carbocycles. The lowest BCUT2D eigenvalue weighted by Crippen LogP contribution is -2.26. The van der Waals surface area contributed by atoms with Gasteiger partial charge in [0.05, 0.1) is 23.5 Å². The van der Waals surface area contributed by atoms with Crippen LogP contribution in [0.25, 0.3) is 10.9 Å². The van der Waals surface area contributed by atoms with Crippen molar-refractivity contribution in [1.82, 2.24) is 15.3 Å². The Hall–Kier alpha value is -3.77. The fourth-order valence-electron chi connectivity index (χ4n) is 5.07. The summed E-state index contributed by atoms with van der Waals surface area (Å²) >= 11 is 6.26. The van der Waals surface area contributed by atoms with Crippen molar-refractivity contribution in [3.63, 3.8) is 0 Å². The van der Waals surface area contributed by atoms with Gasteiger partial charge in [0.25, 0.3) is 5.91 Å². The number of aliphatic carboxylic acids is 1. The van der Waals surface area contributed by atoms with E-state index in [2.05, 4.69) is 44.3 Å². The van der Waals surface area contributed by atoms with Crippen LogP contribution in [0.3, 0.4) is 0 Å². The zero-order valence-electron chi connectivity index (χ0n) is 22.6. The number of amides is 1. The summed E-state index contributed by atoms with van der Waals surface area (Å²) in [6.45, 7) is 6.45. The van der Waals surface area contributed by atoms with Crippen LogP contribution in [0, 0.1) is 6.92 Å². The van der Waals surface area contributed by atoms with Crippen LogP contribution in [0.2, 0.25) is 5.02 Å². The molecule has 7 heteroatoms. The Kier molecular flexibility index (Phi) is 9.31. The van der Waals surface area contributed by atoms with E-state index in [4.69, 9.17) is 26.7 Å². The molecule has 4 aromatic rings. The zero-order chi connectivity index (χ0) is 27.9. The van der Waals surface area contributed by atoms with Crippen LogP contribution < -0.4 is 5.32 Å². The van der Waals surface area contributed by atoms with Crippen molar-refractivity contribution in [2.45, 2.75) is 58.3 Å². The molecule has 2 N–H and O–H groups in total. The highest BCUT2D eigenvalue weighted by molar-refractivity contribution is 6.30. The highest BCUT2D eigenvalue weighted by atomic mass is 35.5. The van der Waals surface area contributed by atoms with Gasteiger partial charge >= 0.3 is 5.97 Å². The number of benzene rings is 3. The maximum atomic E-state index is 12.5. The van der Waals surface area contributed by atoms with Crippen LogP contribution >= 0.6 is 11.6 Å². The average molecular weight is 544 g/mol. The quantitative estimate of drug-likeness (QED) is 0.211. The first-order valence-corrected chi connectivity index (χ1v) is 13.8. The molecule has 0 radical (unpaired) electrons. The molecule has 2 atom stereocenters. The van der Waals surface area contributed by atoms with Crippen molar-refractivity contribution in [2.75, 3.05) is 6.54 Å².